The topological polar surface area (TPSA) is 85.8 Å². The van der Waals surface area contributed by atoms with Gasteiger partial charge in [0.2, 0.25) is 12.7 Å². The second-order valence-electron chi connectivity index (χ2n) is 9.35. The number of carbonyl (C=O) groups is 1. The Morgan fingerprint density at radius 2 is 1.89 bits per heavy atom. The van der Waals surface area contributed by atoms with E-state index in [1.165, 1.54) is 5.56 Å². The SMILES string of the molecule is COc1ccc(-c2cnc(CCC(=O)NCC3CCCN(Cc4ccc5c(c4)OCO5)C3)nc2)cc1. The van der Waals surface area contributed by atoms with Crippen molar-refractivity contribution in [3.63, 3.8) is 0 Å². The summed E-state index contributed by atoms with van der Waals surface area (Å²) >= 11 is 0. The second kappa shape index (κ2) is 11.4. The maximum absolute atomic E-state index is 12.5. The van der Waals surface area contributed by atoms with Crippen LogP contribution in [0.3, 0.4) is 0 Å². The number of benzene rings is 2. The fraction of sp³-hybridized carbons (Fsp3) is 0.393. The van der Waals surface area contributed by atoms with Crippen LogP contribution in [0.25, 0.3) is 11.1 Å². The van der Waals surface area contributed by atoms with E-state index in [4.69, 9.17) is 14.2 Å². The molecule has 1 fully saturated rings. The van der Waals surface area contributed by atoms with Crippen molar-refractivity contribution < 1.29 is 19.0 Å². The van der Waals surface area contributed by atoms with E-state index in [0.29, 0.717) is 37.9 Å². The van der Waals surface area contributed by atoms with Crippen LogP contribution in [0.4, 0.5) is 0 Å². The molecule has 1 aromatic heterocycles. The zero-order chi connectivity index (χ0) is 24.7. The zero-order valence-electron chi connectivity index (χ0n) is 20.6. The van der Waals surface area contributed by atoms with E-state index in [1.807, 2.05) is 30.3 Å². The van der Waals surface area contributed by atoms with E-state index in [9.17, 15) is 4.79 Å². The Hall–Kier alpha value is -3.65. The van der Waals surface area contributed by atoms with Gasteiger partial charge in [0.15, 0.2) is 11.5 Å². The third-order valence-electron chi connectivity index (χ3n) is 6.74. The van der Waals surface area contributed by atoms with Crippen molar-refractivity contribution in [2.75, 3.05) is 33.5 Å². The van der Waals surface area contributed by atoms with Crippen LogP contribution in [-0.4, -0.2) is 54.3 Å². The highest BCUT2D eigenvalue weighted by Crippen LogP contribution is 2.33. The summed E-state index contributed by atoms with van der Waals surface area (Å²) < 4.78 is 16.1. The number of hydrogen-bond donors (Lipinski definition) is 1. The monoisotopic (exact) mass is 488 g/mol. The van der Waals surface area contributed by atoms with Crippen molar-refractivity contribution in [3.05, 3.63) is 66.2 Å². The van der Waals surface area contributed by atoms with Crippen LogP contribution in [0.15, 0.2) is 54.9 Å². The Kier molecular flexibility index (Phi) is 7.61. The molecule has 2 aromatic carbocycles. The number of aryl methyl sites for hydroxylation is 1. The smallest absolute Gasteiger partial charge is 0.231 e. The number of amides is 1. The average Bonchev–Trinajstić information content (AvgIpc) is 3.39. The quantitative estimate of drug-likeness (QED) is 0.490. The minimum absolute atomic E-state index is 0.0470. The Morgan fingerprint density at radius 1 is 1.08 bits per heavy atom. The van der Waals surface area contributed by atoms with Crippen LogP contribution in [0.5, 0.6) is 17.2 Å². The van der Waals surface area contributed by atoms with Gasteiger partial charge in [0.05, 0.1) is 7.11 Å². The van der Waals surface area contributed by atoms with Gasteiger partial charge in [0, 0.05) is 50.4 Å². The number of aromatic nitrogens is 2. The predicted octanol–water partition coefficient (Wildman–Crippen LogP) is 3.84. The van der Waals surface area contributed by atoms with Gasteiger partial charge in [0.25, 0.3) is 0 Å². The molecule has 0 saturated carbocycles. The van der Waals surface area contributed by atoms with Gasteiger partial charge in [0.1, 0.15) is 11.6 Å². The molecule has 0 spiro atoms. The fourth-order valence-electron chi connectivity index (χ4n) is 4.75. The molecule has 1 amide bonds. The molecule has 1 saturated heterocycles. The predicted molar refractivity (Wildman–Crippen MR) is 136 cm³/mol. The van der Waals surface area contributed by atoms with Gasteiger partial charge in [-0.2, -0.15) is 0 Å². The lowest BCUT2D eigenvalue weighted by Crippen LogP contribution is -2.40. The molecule has 8 nitrogen and oxygen atoms in total. The number of methoxy groups -OCH3 is 1. The Bertz CT molecular complexity index is 1170. The number of likely N-dealkylation sites (tertiary alicyclic amines) is 1. The summed E-state index contributed by atoms with van der Waals surface area (Å²) in [5.74, 6) is 3.63. The molecular weight excluding hydrogens is 456 g/mol. The molecule has 1 N–H and O–H groups in total. The van der Waals surface area contributed by atoms with Crippen molar-refractivity contribution in [1.29, 1.82) is 0 Å². The highest BCUT2D eigenvalue weighted by atomic mass is 16.7. The maximum atomic E-state index is 12.5. The zero-order valence-corrected chi connectivity index (χ0v) is 20.6. The van der Waals surface area contributed by atoms with E-state index in [0.717, 1.165) is 60.9 Å². The number of ether oxygens (including phenoxy) is 3. The summed E-state index contributed by atoms with van der Waals surface area (Å²) in [4.78, 5) is 23.8. The molecule has 2 aliphatic heterocycles. The minimum atomic E-state index is 0.0470. The number of hydrogen-bond acceptors (Lipinski definition) is 7. The van der Waals surface area contributed by atoms with E-state index >= 15 is 0 Å². The molecule has 8 heteroatoms. The van der Waals surface area contributed by atoms with Crippen LogP contribution in [0.2, 0.25) is 0 Å². The van der Waals surface area contributed by atoms with Gasteiger partial charge in [-0.3, -0.25) is 9.69 Å². The van der Waals surface area contributed by atoms with Crippen molar-refractivity contribution in [2.45, 2.75) is 32.2 Å². The largest absolute Gasteiger partial charge is 0.497 e. The molecule has 0 aliphatic carbocycles. The van der Waals surface area contributed by atoms with Crippen LogP contribution in [-0.2, 0) is 17.8 Å². The lowest BCUT2D eigenvalue weighted by atomic mass is 9.97. The Labute approximate surface area is 211 Å². The lowest BCUT2D eigenvalue weighted by Gasteiger charge is -2.32. The van der Waals surface area contributed by atoms with Crippen LogP contribution in [0, 0.1) is 5.92 Å². The number of nitrogens with one attached hydrogen (secondary N) is 1. The minimum Gasteiger partial charge on any atom is -0.497 e. The molecule has 1 unspecified atom stereocenters. The van der Waals surface area contributed by atoms with Crippen LogP contribution >= 0.6 is 0 Å². The summed E-state index contributed by atoms with van der Waals surface area (Å²) in [5.41, 5.74) is 3.19. The highest BCUT2D eigenvalue weighted by molar-refractivity contribution is 5.76. The number of nitrogens with zero attached hydrogens (tertiary/aromatic N) is 3. The third kappa shape index (κ3) is 6.12. The van der Waals surface area contributed by atoms with Crippen molar-refractivity contribution in [3.8, 4) is 28.4 Å². The van der Waals surface area contributed by atoms with Crippen molar-refractivity contribution in [1.82, 2.24) is 20.2 Å². The molecule has 1 atom stereocenters. The van der Waals surface area contributed by atoms with Gasteiger partial charge >= 0.3 is 0 Å². The average molecular weight is 489 g/mol. The van der Waals surface area contributed by atoms with Gasteiger partial charge in [-0.15, -0.1) is 0 Å². The second-order valence-corrected chi connectivity index (χ2v) is 9.35. The fourth-order valence-corrected chi connectivity index (χ4v) is 4.75. The number of rotatable bonds is 9. The van der Waals surface area contributed by atoms with Crippen molar-refractivity contribution >= 4 is 5.91 Å². The first kappa shape index (κ1) is 24.1. The van der Waals surface area contributed by atoms with Crippen LogP contribution < -0.4 is 19.5 Å². The Balaban J connectivity index is 1.04. The van der Waals surface area contributed by atoms with Crippen LogP contribution in [0.1, 0.15) is 30.7 Å². The highest BCUT2D eigenvalue weighted by Gasteiger charge is 2.21. The maximum Gasteiger partial charge on any atom is 0.231 e. The molecular formula is C28H32N4O4. The first-order valence-corrected chi connectivity index (χ1v) is 12.5. The molecule has 3 heterocycles. The van der Waals surface area contributed by atoms with E-state index < -0.39 is 0 Å². The molecule has 5 rings (SSSR count). The van der Waals surface area contributed by atoms with Crippen molar-refractivity contribution in [2.24, 2.45) is 5.92 Å². The molecule has 0 radical (unpaired) electrons. The normalized spacial score (nSPS) is 17.1. The summed E-state index contributed by atoms with van der Waals surface area (Å²) in [6.45, 7) is 3.93. The van der Waals surface area contributed by atoms with Gasteiger partial charge < -0.3 is 19.5 Å². The number of piperidine rings is 1. The van der Waals surface area contributed by atoms with Gasteiger partial charge in [-0.25, -0.2) is 9.97 Å². The van der Waals surface area contributed by atoms with E-state index in [1.54, 1.807) is 19.5 Å². The summed E-state index contributed by atoms with van der Waals surface area (Å²) in [6.07, 6.45) is 6.79. The molecule has 36 heavy (non-hydrogen) atoms. The van der Waals surface area contributed by atoms with E-state index in [2.05, 4.69) is 32.3 Å². The third-order valence-corrected chi connectivity index (χ3v) is 6.74. The molecule has 2 aliphatic rings. The number of carbonyl (C=O) groups excluding carboxylic acids is 1. The first-order chi connectivity index (χ1) is 17.7. The Morgan fingerprint density at radius 3 is 2.69 bits per heavy atom. The van der Waals surface area contributed by atoms with Gasteiger partial charge in [-0.1, -0.05) is 18.2 Å². The first-order valence-electron chi connectivity index (χ1n) is 12.5. The summed E-state index contributed by atoms with van der Waals surface area (Å²) in [6, 6.07) is 13.9. The summed E-state index contributed by atoms with van der Waals surface area (Å²) in [7, 11) is 1.65. The van der Waals surface area contributed by atoms with Gasteiger partial charge in [-0.05, 0) is 60.7 Å². The molecule has 188 valence electrons. The molecule has 3 aromatic rings. The lowest BCUT2D eigenvalue weighted by molar-refractivity contribution is -0.121. The standard InChI is InChI=1S/C28H32N4O4/c1-34-24-7-5-22(6-8-24)23-15-29-27(30-16-23)10-11-28(33)31-14-21-3-2-12-32(18-21)17-20-4-9-25-26(13-20)36-19-35-25/h4-9,13,15-16,21H,2-3,10-12,14,17-19H2,1H3,(H,31,33). The summed E-state index contributed by atoms with van der Waals surface area (Å²) in [5, 5.41) is 3.12. The molecule has 0 bridgehead atoms. The van der Waals surface area contributed by atoms with E-state index in [-0.39, 0.29) is 5.91 Å². The number of fused-ring (bicyclic) bond motifs is 1.